The molecule has 0 saturated carbocycles. The highest BCUT2D eigenvalue weighted by Crippen LogP contribution is 2.26. The molecule has 0 aromatic rings. The number of carbonyl (C=O) groups excluding carboxylic acids is 2. The maximum Gasteiger partial charge on any atom is 0.306 e. The first-order valence-corrected chi connectivity index (χ1v) is 34.6. The van der Waals surface area contributed by atoms with Crippen LogP contribution in [0.2, 0.25) is 0 Å². The van der Waals surface area contributed by atoms with E-state index in [1.54, 1.807) is 6.08 Å². The summed E-state index contributed by atoms with van der Waals surface area (Å²) in [6.45, 7) is 5.82. The second-order valence-corrected chi connectivity index (χ2v) is 24.3. The predicted octanol–water partition coefficient (Wildman–Crippen LogP) is 17.2. The minimum atomic E-state index is -1.61. The average molecular weight is 1130 g/mol. The molecule has 0 aliphatic carbocycles. The first kappa shape index (κ1) is 76.2. The zero-order chi connectivity index (χ0) is 58.2. The monoisotopic (exact) mass is 1130 g/mol. The highest BCUT2D eigenvalue weighted by atomic mass is 16.7. The molecule has 11 nitrogen and oxygen atoms in total. The van der Waals surface area contributed by atoms with Crippen LogP contribution in [0.4, 0.5) is 0 Å². The fraction of sp³-hybridized carbons (Fsp3) is 0.913. The van der Waals surface area contributed by atoms with Crippen molar-refractivity contribution < 1.29 is 49.3 Å². The molecule has 472 valence electrons. The van der Waals surface area contributed by atoms with Crippen LogP contribution in [0.25, 0.3) is 0 Å². The highest BCUT2D eigenvalue weighted by molar-refractivity contribution is 5.80. The van der Waals surface area contributed by atoms with Crippen LogP contribution in [-0.2, 0) is 23.8 Å². The summed E-state index contributed by atoms with van der Waals surface area (Å²) < 4.78 is 17.6. The molecule has 8 unspecified atom stereocenters. The summed E-state index contributed by atoms with van der Waals surface area (Å²) in [6.07, 6.45) is 58.1. The third-order valence-corrected chi connectivity index (χ3v) is 16.6. The Morgan fingerprint density at radius 3 is 1.21 bits per heavy atom. The van der Waals surface area contributed by atoms with E-state index in [1.165, 1.54) is 238 Å². The minimum Gasteiger partial charge on any atom is -0.454 e. The summed E-state index contributed by atoms with van der Waals surface area (Å²) >= 11 is 0. The zero-order valence-electron chi connectivity index (χ0n) is 52.5. The molecule has 0 aromatic heterocycles. The lowest BCUT2D eigenvalue weighted by atomic mass is 9.99. The lowest BCUT2D eigenvalue weighted by molar-refractivity contribution is -0.305. The van der Waals surface area contributed by atoms with Crippen molar-refractivity contribution in [3.8, 4) is 0 Å². The van der Waals surface area contributed by atoms with Crippen molar-refractivity contribution in [3.05, 3.63) is 24.3 Å². The third-order valence-electron chi connectivity index (χ3n) is 16.6. The van der Waals surface area contributed by atoms with E-state index in [1.807, 2.05) is 6.08 Å². The van der Waals surface area contributed by atoms with E-state index in [0.29, 0.717) is 19.3 Å². The van der Waals surface area contributed by atoms with Gasteiger partial charge < -0.3 is 45.1 Å². The van der Waals surface area contributed by atoms with E-state index in [-0.39, 0.29) is 13.0 Å². The molecular formula is C69H131NO10. The molecule has 11 heteroatoms. The van der Waals surface area contributed by atoms with Crippen molar-refractivity contribution in [1.82, 2.24) is 5.32 Å². The number of amides is 1. The number of hydrogen-bond acceptors (Lipinski definition) is 10. The van der Waals surface area contributed by atoms with Gasteiger partial charge in [-0.3, -0.25) is 9.59 Å². The lowest BCUT2D eigenvalue weighted by Gasteiger charge is -2.41. The number of esters is 1. The predicted molar refractivity (Wildman–Crippen MR) is 334 cm³/mol. The van der Waals surface area contributed by atoms with Crippen LogP contribution in [0.3, 0.4) is 0 Å². The molecule has 1 amide bonds. The van der Waals surface area contributed by atoms with E-state index in [2.05, 4.69) is 38.2 Å². The molecule has 1 rings (SSSR count). The van der Waals surface area contributed by atoms with Gasteiger partial charge in [-0.05, 0) is 51.4 Å². The van der Waals surface area contributed by atoms with Crippen LogP contribution >= 0.6 is 0 Å². The smallest absolute Gasteiger partial charge is 0.306 e. The summed E-state index contributed by atoms with van der Waals surface area (Å²) in [6, 6.07) is -1.02. The fourth-order valence-corrected chi connectivity index (χ4v) is 11.1. The molecule has 1 heterocycles. The standard InChI is InChI=1S/C69H131NO10/c1-4-7-10-13-16-19-22-24-26-27-28-29-30-31-32-33-34-35-36-37-38-41-44-47-50-53-56-62(73)68(77)70-60(61(72)55-52-49-46-43-40-21-18-15-12-9-6-3)59-78-69-67(66(76)65(75)63(58-71)79-69)80-64(74)57-54-51-48-45-42-39-25-23-20-17-14-11-8-5-2/h24,26,52,55,60-63,65-67,69,71-73,75-76H,4-23,25,27-51,53-54,56-59H2,1-3H3,(H,70,77)/b26-24+,55-52+. The first-order chi connectivity index (χ1) is 39.2. The summed E-state index contributed by atoms with van der Waals surface area (Å²) in [5, 5.41) is 57.1. The summed E-state index contributed by atoms with van der Waals surface area (Å²) in [7, 11) is 0. The number of unbranched alkanes of at least 4 members (excludes halogenated alkanes) is 44. The molecule has 0 radical (unpaired) electrons. The van der Waals surface area contributed by atoms with Crippen molar-refractivity contribution in [2.45, 2.75) is 391 Å². The van der Waals surface area contributed by atoms with Gasteiger partial charge >= 0.3 is 5.97 Å². The molecule has 1 aliphatic heterocycles. The van der Waals surface area contributed by atoms with Crippen molar-refractivity contribution in [3.63, 3.8) is 0 Å². The van der Waals surface area contributed by atoms with Gasteiger partial charge in [0.1, 0.15) is 24.4 Å². The maximum atomic E-state index is 13.5. The van der Waals surface area contributed by atoms with Gasteiger partial charge in [0, 0.05) is 6.42 Å². The quantitative estimate of drug-likeness (QED) is 0.0195. The molecular weight excluding hydrogens is 1000 g/mol. The van der Waals surface area contributed by atoms with E-state index in [4.69, 9.17) is 14.2 Å². The number of nitrogens with one attached hydrogen (secondary N) is 1. The van der Waals surface area contributed by atoms with E-state index < -0.39 is 67.4 Å². The van der Waals surface area contributed by atoms with Crippen molar-refractivity contribution in [1.29, 1.82) is 0 Å². The number of aliphatic hydroxyl groups is 5. The van der Waals surface area contributed by atoms with Gasteiger partial charge in [-0.15, -0.1) is 0 Å². The number of aliphatic hydroxyl groups excluding tert-OH is 5. The van der Waals surface area contributed by atoms with Crippen molar-refractivity contribution >= 4 is 11.9 Å². The van der Waals surface area contributed by atoms with Gasteiger partial charge in [0.2, 0.25) is 5.91 Å². The summed E-state index contributed by atoms with van der Waals surface area (Å²) in [4.78, 5) is 26.6. The van der Waals surface area contributed by atoms with Crippen LogP contribution in [0.1, 0.15) is 342 Å². The SMILES string of the molecule is CCCCCCCC/C=C/CCCCCCCCCCCCCCCCCCC(O)C(=O)NC(COC1OC(CO)C(O)C(O)C1OC(=O)CCCCCCCCCCCCCCCC)C(O)/C=C/CCCCCCCCCCC. The van der Waals surface area contributed by atoms with Crippen LogP contribution in [0, 0.1) is 0 Å². The molecule has 8 atom stereocenters. The second kappa shape index (κ2) is 57.6. The van der Waals surface area contributed by atoms with Crippen LogP contribution in [0.5, 0.6) is 0 Å². The summed E-state index contributed by atoms with van der Waals surface area (Å²) in [5.41, 5.74) is 0. The Morgan fingerprint density at radius 2 is 0.825 bits per heavy atom. The number of hydrogen-bond donors (Lipinski definition) is 6. The molecule has 0 spiro atoms. The van der Waals surface area contributed by atoms with Gasteiger partial charge in [0.15, 0.2) is 12.4 Å². The molecule has 0 bridgehead atoms. The fourth-order valence-electron chi connectivity index (χ4n) is 11.1. The van der Waals surface area contributed by atoms with Gasteiger partial charge in [-0.1, -0.05) is 308 Å². The van der Waals surface area contributed by atoms with Crippen LogP contribution < -0.4 is 5.32 Å². The Hall–Kier alpha value is -1.86. The Labute approximate surface area is 492 Å². The number of allylic oxidation sites excluding steroid dienone is 3. The molecule has 80 heavy (non-hydrogen) atoms. The molecule has 0 aromatic carbocycles. The maximum absolute atomic E-state index is 13.5. The number of rotatable bonds is 60. The highest BCUT2D eigenvalue weighted by Gasteiger charge is 2.47. The molecule has 1 saturated heterocycles. The largest absolute Gasteiger partial charge is 0.454 e. The first-order valence-electron chi connectivity index (χ1n) is 34.6. The molecule has 1 fully saturated rings. The Kier molecular flexibility index (Phi) is 54.8. The Balaban J connectivity index is 2.53. The molecule has 1 aliphatic rings. The van der Waals surface area contributed by atoms with E-state index in [0.717, 1.165) is 57.8 Å². The minimum absolute atomic E-state index is 0.130. The Bertz CT molecular complexity index is 1400. The van der Waals surface area contributed by atoms with Gasteiger partial charge in [-0.25, -0.2) is 0 Å². The number of carbonyl (C=O) groups is 2. The third kappa shape index (κ3) is 44.6. The Morgan fingerprint density at radius 1 is 0.475 bits per heavy atom. The topological polar surface area (TPSA) is 175 Å². The number of ether oxygens (including phenoxy) is 3. The second-order valence-electron chi connectivity index (χ2n) is 24.3. The van der Waals surface area contributed by atoms with Crippen molar-refractivity contribution in [2.24, 2.45) is 0 Å². The van der Waals surface area contributed by atoms with Crippen LogP contribution in [0.15, 0.2) is 24.3 Å². The van der Waals surface area contributed by atoms with Gasteiger partial charge in [0.25, 0.3) is 0 Å². The average Bonchev–Trinajstić information content (AvgIpc) is 3.46. The van der Waals surface area contributed by atoms with Crippen LogP contribution in [-0.4, -0.2) is 99.6 Å². The van der Waals surface area contributed by atoms with Gasteiger partial charge in [-0.2, -0.15) is 0 Å². The zero-order valence-corrected chi connectivity index (χ0v) is 52.5. The normalized spacial score (nSPS) is 18.8. The molecule has 6 N–H and O–H groups in total. The van der Waals surface area contributed by atoms with Crippen molar-refractivity contribution in [2.75, 3.05) is 13.2 Å². The van der Waals surface area contributed by atoms with E-state index in [9.17, 15) is 35.1 Å². The lowest BCUT2D eigenvalue weighted by Crippen LogP contribution is -2.61. The van der Waals surface area contributed by atoms with E-state index >= 15 is 0 Å². The van der Waals surface area contributed by atoms with Gasteiger partial charge in [0.05, 0.1) is 25.4 Å². The summed E-state index contributed by atoms with van der Waals surface area (Å²) in [5.74, 6) is -1.18.